The Morgan fingerprint density at radius 3 is 2.67 bits per heavy atom. The van der Waals surface area contributed by atoms with E-state index < -0.39 is 0 Å². The summed E-state index contributed by atoms with van der Waals surface area (Å²) in [4.78, 5) is 12.0. The lowest BCUT2D eigenvalue weighted by molar-refractivity contribution is -0.123. The van der Waals surface area contributed by atoms with Gasteiger partial charge in [-0.3, -0.25) is 4.79 Å². The van der Waals surface area contributed by atoms with E-state index in [9.17, 15) is 4.79 Å². The summed E-state index contributed by atoms with van der Waals surface area (Å²) in [5.41, 5.74) is 0. The molecule has 1 amide bonds. The van der Waals surface area contributed by atoms with Crippen molar-refractivity contribution < 1.29 is 4.79 Å². The Morgan fingerprint density at radius 2 is 2.00 bits per heavy atom. The summed E-state index contributed by atoms with van der Waals surface area (Å²) in [5, 5.41) is 6.61. The van der Waals surface area contributed by atoms with E-state index in [2.05, 4.69) is 17.6 Å². The molecule has 2 rings (SSSR count). The minimum Gasteiger partial charge on any atom is -0.353 e. The molecule has 2 atom stereocenters. The first-order valence-electron chi connectivity index (χ1n) is 7.76. The molecule has 1 saturated carbocycles. The molecule has 0 radical (unpaired) electrons. The molecule has 18 heavy (non-hydrogen) atoms. The topological polar surface area (TPSA) is 41.1 Å². The fourth-order valence-electron chi connectivity index (χ4n) is 3.43. The van der Waals surface area contributed by atoms with Crippen molar-refractivity contribution in [2.75, 3.05) is 13.1 Å². The Labute approximate surface area is 111 Å². The predicted octanol–water partition coefficient (Wildman–Crippen LogP) is 2.46. The van der Waals surface area contributed by atoms with Gasteiger partial charge in [-0.25, -0.2) is 0 Å². The summed E-state index contributed by atoms with van der Waals surface area (Å²) in [6.45, 7) is 4.33. The van der Waals surface area contributed by atoms with E-state index in [1.807, 2.05) is 0 Å². The first-order chi connectivity index (χ1) is 8.75. The van der Waals surface area contributed by atoms with Gasteiger partial charge in [-0.05, 0) is 57.5 Å². The molecule has 1 heterocycles. The van der Waals surface area contributed by atoms with Gasteiger partial charge in [0.05, 0.1) is 0 Å². The maximum Gasteiger partial charge on any atom is 0.220 e. The Hall–Kier alpha value is -0.570. The van der Waals surface area contributed by atoms with Crippen molar-refractivity contribution in [3.8, 4) is 0 Å². The summed E-state index contributed by atoms with van der Waals surface area (Å²) < 4.78 is 0. The third-order valence-electron chi connectivity index (χ3n) is 4.62. The zero-order chi connectivity index (χ0) is 12.8. The minimum atomic E-state index is 0.266. The number of piperidine rings is 1. The molecule has 1 aliphatic heterocycles. The van der Waals surface area contributed by atoms with Crippen LogP contribution in [0.1, 0.15) is 58.3 Å². The van der Waals surface area contributed by atoms with E-state index in [-0.39, 0.29) is 5.91 Å². The van der Waals surface area contributed by atoms with Crippen LogP contribution in [0.5, 0.6) is 0 Å². The molecule has 1 saturated heterocycles. The van der Waals surface area contributed by atoms with Crippen LogP contribution in [0.2, 0.25) is 0 Å². The van der Waals surface area contributed by atoms with Crippen LogP contribution in [-0.4, -0.2) is 25.0 Å². The minimum absolute atomic E-state index is 0.266. The van der Waals surface area contributed by atoms with Crippen molar-refractivity contribution in [2.24, 2.45) is 11.8 Å². The van der Waals surface area contributed by atoms with Gasteiger partial charge in [-0.1, -0.05) is 19.3 Å². The highest BCUT2D eigenvalue weighted by atomic mass is 16.1. The largest absolute Gasteiger partial charge is 0.353 e. The molecule has 2 N–H and O–H groups in total. The molecule has 0 bridgehead atoms. The summed E-state index contributed by atoms with van der Waals surface area (Å²) in [5.74, 6) is 1.53. The van der Waals surface area contributed by atoms with Crippen LogP contribution in [-0.2, 0) is 4.79 Å². The number of nitrogens with one attached hydrogen (secondary N) is 2. The Kier molecular flexibility index (Phi) is 5.48. The molecule has 104 valence electrons. The number of amides is 1. The number of rotatable bonds is 4. The molecule has 0 aromatic rings. The summed E-state index contributed by atoms with van der Waals surface area (Å²) >= 11 is 0. The van der Waals surface area contributed by atoms with Crippen LogP contribution >= 0.6 is 0 Å². The van der Waals surface area contributed by atoms with Crippen LogP contribution < -0.4 is 10.6 Å². The van der Waals surface area contributed by atoms with Crippen LogP contribution in [0, 0.1) is 11.8 Å². The third kappa shape index (κ3) is 4.27. The number of hydrogen-bond donors (Lipinski definition) is 2. The zero-order valence-electron chi connectivity index (χ0n) is 11.7. The van der Waals surface area contributed by atoms with Crippen molar-refractivity contribution >= 4 is 5.91 Å². The lowest BCUT2D eigenvalue weighted by atomic mass is 9.84. The van der Waals surface area contributed by atoms with Crippen LogP contribution in [0.3, 0.4) is 0 Å². The zero-order valence-corrected chi connectivity index (χ0v) is 11.7. The maximum atomic E-state index is 12.0. The quantitative estimate of drug-likeness (QED) is 0.807. The fourth-order valence-corrected chi connectivity index (χ4v) is 3.43. The molecule has 0 aromatic heterocycles. The van der Waals surface area contributed by atoms with Crippen LogP contribution in [0.15, 0.2) is 0 Å². The normalized spacial score (nSPS) is 27.7. The van der Waals surface area contributed by atoms with Gasteiger partial charge >= 0.3 is 0 Å². The van der Waals surface area contributed by atoms with Gasteiger partial charge in [0.15, 0.2) is 0 Å². The van der Waals surface area contributed by atoms with E-state index in [0.717, 1.165) is 13.1 Å². The van der Waals surface area contributed by atoms with Crippen LogP contribution in [0.25, 0.3) is 0 Å². The standard InChI is InChI=1S/C15H28N2O/c1-12(14-7-3-2-4-8-14)17-15(18)10-13-6-5-9-16-11-13/h12-14,16H,2-11H2,1H3,(H,17,18). The second kappa shape index (κ2) is 7.13. The Morgan fingerprint density at radius 1 is 1.22 bits per heavy atom. The predicted molar refractivity (Wildman–Crippen MR) is 74.4 cm³/mol. The monoisotopic (exact) mass is 252 g/mol. The summed E-state index contributed by atoms with van der Waals surface area (Å²) in [7, 11) is 0. The molecule has 0 spiro atoms. The molecule has 2 aliphatic rings. The van der Waals surface area contributed by atoms with E-state index in [0.29, 0.717) is 24.3 Å². The second-order valence-corrected chi connectivity index (χ2v) is 6.17. The highest BCUT2D eigenvalue weighted by molar-refractivity contribution is 5.76. The highest BCUT2D eigenvalue weighted by Crippen LogP contribution is 2.26. The third-order valence-corrected chi connectivity index (χ3v) is 4.62. The molecule has 1 aliphatic carbocycles. The lowest BCUT2D eigenvalue weighted by Crippen LogP contribution is -2.41. The fraction of sp³-hybridized carbons (Fsp3) is 0.933. The molecule has 3 heteroatoms. The lowest BCUT2D eigenvalue weighted by Gasteiger charge is -2.29. The smallest absolute Gasteiger partial charge is 0.220 e. The molecule has 2 unspecified atom stereocenters. The van der Waals surface area contributed by atoms with Gasteiger partial charge in [0.2, 0.25) is 5.91 Å². The SMILES string of the molecule is CC(NC(=O)CC1CCCNC1)C1CCCCC1. The Balaban J connectivity index is 1.68. The van der Waals surface area contributed by atoms with Gasteiger partial charge in [0.25, 0.3) is 0 Å². The number of hydrogen-bond acceptors (Lipinski definition) is 2. The molecular weight excluding hydrogens is 224 g/mol. The Bertz CT molecular complexity index is 255. The average molecular weight is 252 g/mol. The van der Waals surface area contributed by atoms with Crippen molar-refractivity contribution in [2.45, 2.75) is 64.3 Å². The van der Waals surface area contributed by atoms with Gasteiger partial charge in [-0.2, -0.15) is 0 Å². The van der Waals surface area contributed by atoms with Gasteiger partial charge < -0.3 is 10.6 Å². The van der Waals surface area contributed by atoms with Crippen molar-refractivity contribution in [3.05, 3.63) is 0 Å². The van der Waals surface area contributed by atoms with E-state index >= 15 is 0 Å². The molecule has 2 fully saturated rings. The number of carbonyl (C=O) groups is 1. The van der Waals surface area contributed by atoms with Gasteiger partial charge in [0, 0.05) is 12.5 Å². The van der Waals surface area contributed by atoms with Crippen LogP contribution in [0.4, 0.5) is 0 Å². The highest BCUT2D eigenvalue weighted by Gasteiger charge is 2.23. The first kappa shape index (κ1) is 13.9. The number of carbonyl (C=O) groups excluding carboxylic acids is 1. The van der Waals surface area contributed by atoms with Crippen molar-refractivity contribution in [1.29, 1.82) is 0 Å². The molecular formula is C15H28N2O. The summed E-state index contributed by atoms with van der Waals surface area (Å²) in [6, 6.07) is 0.370. The molecule has 0 aromatic carbocycles. The summed E-state index contributed by atoms with van der Waals surface area (Å²) in [6.07, 6.45) is 9.80. The van der Waals surface area contributed by atoms with Crippen molar-refractivity contribution in [3.63, 3.8) is 0 Å². The van der Waals surface area contributed by atoms with E-state index in [1.165, 1.54) is 44.9 Å². The van der Waals surface area contributed by atoms with Gasteiger partial charge in [-0.15, -0.1) is 0 Å². The van der Waals surface area contributed by atoms with E-state index in [4.69, 9.17) is 0 Å². The second-order valence-electron chi connectivity index (χ2n) is 6.17. The average Bonchev–Trinajstić information content (AvgIpc) is 2.40. The van der Waals surface area contributed by atoms with E-state index in [1.54, 1.807) is 0 Å². The van der Waals surface area contributed by atoms with Gasteiger partial charge in [0.1, 0.15) is 0 Å². The maximum absolute atomic E-state index is 12.0. The van der Waals surface area contributed by atoms with Crippen molar-refractivity contribution in [1.82, 2.24) is 10.6 Å². The first-order valence-corrected chi connectivity index (χ1v) is 7.76. The molecule has 3 nitrogen and oxygen atoms in total.